The van der Waals surface area contributed by atoms with E-state index in [2.05, 4.69) is 103 Å². The maximum atomic E-state index is 11.0. The van der Waals surface area contributed by atoms with Crippen LogP contribution in [0.3, 0.4) is 0 Å². The van der Waals surface area contributed by atoms with Crippen LogP contribution in [0.5, 0.6) is 0 Å². The molecule has 0 aliphatic heterocycles. The molecule has 3 aromatic carbocycles. The van der Waals surface area contributed by atoms with Gasteiger partial charge in [-0.3, -0.25) is 0 Å². The van der Waals surface area contributed by atoms with Crippen molar-refractivity contribution in [3.05, 3.63) is 119 Å². The summed E-state index contributed by atoms with van der Waals surface area (Å²) in [6.45, 7) is 2.16. The summed E-state index contributed by atoms with van der Waals surface area (Å²) in [4.78, 5) is 15.9. The number of benzene rings is 3. The molecule has 0 atom stereocenters. The van der Waals surface area contributed by atoms with E-state index in [9.17, 15) is 4.79 Å². The Balaban J connectivity index is 1.98. The van der Waals surface area contributed by atoms with Crippen molar-refractivity contribution in [3.8, 4) is 0 Å². The number of unbranched alkanes of at least 4 members (excludes halogenated alkanes) is 1. The first-order valence-electron chi connectivity index (χ1n) is 11.7. The van der Waals surface area contributed by atoms with Gasteiger partial charge in [0.05, 0.1) is 0 Å². The Morgan fingerprint density at radius 2 is 1.42 bits per heavy atom. The van der Waals surface area contributed by atoms with Crippen LogP contribution >= 0.6 is 0 Å². The molecule has 0 saturated carbocycles. The Morgan fingerprint density at radius 1 is 0.879 bits per heavy atom. The summed E-state index contributed by atoms with van der Waals surface area (Å²) in [6, 6.07) is 32.2. The first-order chi connectivity index (χ1) is 16.2. The van der Waals surface area contributed by atoms with Gasteiger partial charge in [-0.1, -0.05) is 0 Å². The van der Waals surface area contributed by atoms with Gasteiger partial charge < -0.3 is 0 Å². The molecule has 33 heavy (non-hydrogen) atoms. The van der Waals surface area contributed by atoms with Crippen LogP contribution in [0.1, 0.15) is 55.2 Å². The van der Waals surface area contributed by atoms with E-state index in [4.69, 9.17) is 4.99 Å². The SMILES string of the molecule is CC/C(N=[C]([Hg])NC=O)=C(\CCCCc1ccccc1)C(c1ccccc1)c1ccccc1. The monoisotopic (exact) mass is 625 g/mol. The van der Waals surface area contributed by atoms with Crippen LogP contribution < -0.4 is 5.32 Å². The second-order valence-electron chi connectivity index (χ2n) is 8.09. The fourth-order valence-corrected chi connectivity index (χ4v) is 5.34. The summed E-state index contributed by atoms with van der Waals surface area (Å²) < 4.78 is 0.823. The van der Waals surface area contributed by atoms with E-state index in [0.29, 0.717) is 0 Å². The molecular formula is C29H31HgN2O. The van der Waals surface area contributed by atoms with Crippen molar-refractivity contribution in [3.63, 3.8) is 0 Å². The van der Waals surface area contributed by atoms with E-state index < -0.39 is 0 Å². The quantitative estimate of drug-likeness (QED) is 0.0851. The first kappa shape index (κ1) is 25.1. The Bertz CT molecular complexity index is 1010. The summed E-state index contributed by atoms with van der Waals surface area (Å²) in [7, 11) is 0. The van der Waals surface area contributed by atoms with Gasteiger partial charge in [0.1, 0.15) is 0 Å². The maximum absolute atomic E-state index is 11.0. The number of hydrogen-bond acceptors (Lipinski definition) is 2. The van der Waals surface area contributed by atoms with Crippen molar-refractivity contribution < 1.29 is 30.9 Å². The molecule has 0 bridgehead atoms. The number of amidine groups is 1. The second-order valence-corrected chi connectivity index (χ2v) is 10.7. The molecule has 165 valence electrons. The fraction of sp³-hybridized carbons (Fsp3) is 0.241. The van der Waals surface area contributed by atoms with Gasteiger partial charge >= 0.3 is 215 Å². The van der Waals surface area contributed by atoms with E-state index in [1.54, 1.807) is 0 Å². The molecule has 3 nitrogen and oxygen atoms in total. The van der Waals surface area contributed by atoms with Crippen molar-refractivity contribution in [1.29, 1.82) is 0 Å². The number of rotatable bonds is 11. The zero-order valence-corrected chi connectivity index (χ0v) is 24.9. The van der Waals surface area contributed by atoms with E-state index in [1.807, 2.05) is 0 Å². The Labute approximate surface area is 214 Å². The zero-order valence-electron chi connectivity index (χ0n) is 19.4. The second kappa shape index (κ2) is 13.9. The Morgan fingerprint density at radius 3 is 1.94 bits per heavy atom. The fourth-order valence-electron chi connectivity index (χ4n) is 4.27. The minimum absolute atomic E-state index is 0.153. The number of nitrogens with zero attached hydrogens (tertiary/aromatic N) is 1. The standard InChI is InChI=1S/C29H31N2O.Hg/c1-2-28(31-22-30-23-32)27(21-13-12-16-24-14-6-3-7-15-24)29(25-17-8-4-9-18-25)26-19-10-5-11-20-26;/h3-11,14-15,17-20,23,29H,2,12-13,16,21H2,1H3,(H,30,31,32);/b28-27-;. The molecule has 0 aromatic heterocycles. The van der Waals surface area contributed by atoms with Crippen LogP contribution in [0, 0.1) is 0 Å². The molecule has 0 saturated heterocycles. The van der Waals surface area contributed by atoms with Crippen LogP contribution in [0.2, 0.25) is 0 Å². The van der Waals surface area contributed by atoms with Gasteiger partial charge in [-0.05, 0) is 0 Å². The molecule has 0 fully saturated rings. The molecule has 0 spiro atoms. The van der Waals surface area contributed by atoms with Crippen molar-refractivity contribution in [1.82, 2.24) is 5.32 Å². The summed E-state index contributed by atoms with van der Waals surface area (Å²) >= 11 is 0.236. The number of carbonyl (C=O) groups is 1. The van der Waals surface area contributed by atoms with Gasteiger partial charge in [0.15, 0.2) is 0 Å². The third kappa shape index (κ3) is 7.78. The van der Waals surface area contributed by atoms with Crippen molar-refractivity contribution in [2.45, 2.75) is 44.9 Å². The van der Waals surface area contributed by atoms with Gasteiger partial charge in [0, 0.05) is 0 Å². The van der Waals surface area contributed by atoms with E-state index >= 15 is 0 Å². The topological polar surface area (TPSA) is 41.5 Å². The third-order valence-electron chi connectivity index (χ3n) is 5.82. The molecule has 3 rings (SSSR count). The number of amides is 1. The van der Waals surface area contributed by atoms with Crippen LogP contribution in [0.15, 0.2) is 107 Å². The van der Waals surface area contributed by atoms with Crippen LogP contribution in [0.4, 0.5) is 0 Å². The van der Waals surface area contributed by atoms with E-state index in [-0.39, 0.29) is 32.0 Å². The molecule has 3 aromatic rings. The predicted molar refractivity (Wildman–Crippen MR) is 133 cm³/mol. The van der Waals surface area contributed by atoms with Crippen LogP contribution in [-0.2, 0) is 37.3 Å². The summed E-state index contributed by atoms with van der Waals surface area (Å²) in [5.74, 6) is 0.153. The summed E-state index contributed by atoms with van der Waals surface area (Å²) in [6.07, 6.45) is 5.88. The van der Waals surface area contributed by atoms with E-state index in [0.717, 1.165) is 47.6 Å². The van der Waals surface area contributed by atoms with Gasteiger partial charge in [0.25, 0.3) is 0 Å². The zero-order chi connectivity index (χ0) is 23.3. The van der Waals surface area contributed by atoms with Crippen molar-refractivity contribution >= 4 is 9.75 Å². The molecule has 0 heterocycles. The molecule has 1 N–H and O–H groups in total. The molecule has 1 amide bonds. The number of aryl methyl sites for hydroxylation is 1. The predicted octanol–water partition coefficient (Wildman–Crippen LogP) is 6.54. The number of hydrogen-bond donors (Lipinski definition) is 1. The van der Waals surface area contributed by atoms with Gasteiger partial charge in [-0.25, -0.2) is 0 Å². The average molecular weight is 624 g/mol. The Hall–Kier alpha value is -2.52. The minimum atomic E-state index is 0.153. The van der Waals surface area contributed by atoms with Gasteiger partial charge in [-0.2, -0.15) is 0 Å². The number of allylic oxidation sites excluding steroid dienone is 2. The molecule has 4 heteroatoms. The average Bonchev–Trinajstić information content (AvgIpc) is 2.86. The molecule has 0 unspecified atom stereocenters. The van der Waals surface area contributed by atoms with Crippen LogP contribution in [-0.4, -0.2) is 9.75 Å². The molecular weight excluding hydrogens is 593 g/mol. The molecule has 0 aliphatic carbocycles. The van der Waals surface area contributed by atoms with Gasteiger partial charge in [-0.15, -0.1) is 0 Å². The molecule has 0 aliphatic rings. The van der Waals surface area contributed by atoms with Crippen molar-refractivity contribution in [2.75, 3.05) is 0 Å². The van der Waals surface area contributed by atoms with E-state index in [1.165, 1.54) is 22.3 Å². The summed E-state index contributed by atoms with van der Waals surface area (Å²) in [5, 5.41) is 2.79. The summed E-state index contributed by atoms with van der Waals surface area (Å²) in [5.41, 5.74) is 6.42. The van der Waals surface area contributed by atoms with Gasteiger partial charge in [0.2, 0.25) is 0 Å². The van der Waals surface area contributed by atoms with Crippen LogP contribution in [0.25, 0.3) is 0 Å². The number of aliphatic imine (C=N–C) groups is 1. The third-order valence-corrected chi connectivity index (χ3v) is 7.23. The normalized spacial score (nSPS) is 12.4. The Kier molecular flexibility index (Phi) is 10.6. The van der Waals surface area contributed by atoms with Crippen molar-refractivity contribution in [2.24, 2.45) is 4.99 Å². The molecule has 0 radical (unpaired) electrons. The number of carbonyl (C=O) groups excluding carboxylic acids is 1. The first-order valence-corrected chi connectivity index (χ1v) is 14.4. The number of nitrogens with one attached hydrogen (secondary N) is 1.